The molecule has 0 saturated carbocycles. The van der Waals surface area contributed by atoms with Gasteiger partial charge in [0.1, 0.15) is 5.69 Å². The summed E-state index contributed by atoms with van der Waals surface area (Å²) in [5, 5.41) is 11.6. The molecule has 2 heterocycles. The number of nitrogens with two attached hydrogens (primary N) is 1. The fraction of sp³-hybridized carbons (Fsp3) is 0.583. The maximum Gasteiger partial charge on any atom is 0.226 e. The summed E-state index contributed by atoms with van der Waals surface area (Å²) in [6.45, 7) is 4.40. The number of nitrogens with zero attached hydrogens (tertiary/aromatic N) is 4. The summed E-state index contributed by atoms with van der Waals surface area (Å²) < 4.78 is 5.62. The van der Waals surface area contributed by atoms with E-state index >= 15 is 0 Å². The minimum Gasteiger partial charge on any atom is -0.409 e. The molecule has 2 rings (SSSR count). The predicted octanol–water partition coefficient (Wildman–Crippen LogP) is 0.576. The molecule has 0 amide bonds. The minimum atomic E-state index is -0.0168. The minimum absolute atomic E-state index is 0.0168. The van der Waals surface area contributed by atoms with E-state index < -0.39 is 0 Å². The fourth-order valence-electron chi connectivity index (χ4n) is 2.08. The van der Waals surface area contributed by atoms with Crippen LogP contribution in [0.5, 0.6) is 0 Å². The van der Waals surface area contributed by atoms with E-state index in [1.807, 2.05) is 11.8 Å². The van der Waals surface area contributed by atoms with Crippen molar-refractivity contribution in [1.29, 1.82) is 0 Å². The van der Waals surface area contributed by atoms with Gasteiger partial charge in [-0.15, -0.1) is 0 Å². The smallest absolute Gasteiger partial charge is 0.226 e. The third-order valence-electron chi connectivity index (χ3n) is 3.13. The van der Waals surface area contributed by atoms with Crippen LogP contribution in [-0.4, -0.2) is 46.8 Å². The molecular weight excluding hydrogens is 246 g/mol. The van der Waals surface area contributed by atoms with Gasteiger partial charge in [-0.25, -0.2) is 9.97 Å². The number of ether oxygens (including phenoxy) is 1. The first-order valence-corrected chi connectivity index (χ1v) is 6.42. The number of amidine groups is 1. The van der Waals surface area contributed by atoms with Crippen molar-refractivity contribution in [2.75, 3.05) is 24.6 Å². The summed E-state index contributed by atoms with van der Waals surface area (Å²) in [5.74, 6) is 0.555. The molecule has 0 aliphatic carbocycles. The molecule has 7 nitrogen and oxygen atoms in total. The van der Waals surface area contributed by atoms with Crippen LogP contribution in [0, 0.1) is 0 Å². The molecular formula is C12H19N5O2. The average Bonchev–Trinajstić information content (AvgIpc) is 2.97. The second-order valence-electron chi connectivity index (χ2n) is 4.40. The third kappa shape index (κ3) is 3.31. The Balaban J connectivity index is 2.13. The van der Waals surface area contributed by atoms with E-state index in [0.29, 0.717) is 11.6 Å². The Hall–Kier alpha value is -1.89. The average molecular weight is 265 g/mol. The van der Waals surface area contributed by atoms with Gasteiger partial charge in [-0.3, -0.25) is 0 Å². The van der Waals surface area contributed by atoms with E-state index in [-0.39, 0.29) is 11.9 Å². The molecule has 1 atom stereocenters. The molecule has 19 heavy (non-hydrogen) atoms. The third-order valence-corrected chi connectivity index (χ3v) is 3.13. The Bertz CT molecular complexity index is 446. The maximum atomic E-state index is 8.67. The number of hydrogen-bond donors (Lipinski definition) is 2. The zero-order valence-electron chi connectivity index (χ0n) is 11.0. The van der Waals surface area contributed by atoms with Crippen molar-refractivity contribution in [3.05, 3.63) is 18.0 Å². The van der Waals surface area contributed by atoms with Gasteiger partial charge in [0.05, 0.1) is 6.10 Å². The molecule has 0 spiro atoms. The van der Waals surface area contributed by atoms with Gasteiger partial charge in [-0.1, -0.05) is 5.16 Å². The van der Waals surface area contributed by atoms with Crippen LogP contribution < -0.4 is 10.6 Å². The first-order valence-electron chi connectivity index (χ1n) is 6.42. The van der Waals surface area contributed by atoms with Gasteiger partial charge in [-0.05, 0) is 25.8 Å². The van der Waals surface area contributed by atoms with Crippen LogP contribution in [0.2, 0.25) is 0 Å². The van der Waals surface area contributed by atoms with Crippen molar-refractivity contribution in [1.82, 2.24) is 9.97 Å². The highest BCUT2D eigenvalue weighted by Crippen LogP contribution is 2.16. The number of aromatic nitrogens is 2. The van der Waals surface area contributed by atoms with E-state index in [9.17, 15) is 0 Å². The molecule has 0 bridgehead atoms. The van der Waals surface area contributed by atoms with Gasteiger partial charge in [0, 0.05) is 25.9 Å². The number of oxime groups is 1. The van der Waals surface area contributed by atoms with Gasteiger partial charge in [0.2, 0.25) is 5.95 Å². The zero-order valence-corrected chi connectivity index (χ0v) is 11.0. The zero-order chi connectivity index (χ0) is 13.7. The number of likely N-dealkylation sites (N-methyl/N-ethyl adjacent to an activating group) is 1. The lowest BCUT2D eigenvalue weighted by Gasteiger charge is -2.23. The van der Waals surface area contributed by atoms with Crippen molar-refractivity contribution < 1.29 is 9.94 Å². The highest BCUT2D eigenvalue weighted by atomic mass is 16.5. The van der Waals surface area contributed by atoms with E-state index in [1.165, 1.54) is 0 Å². The van der Waals surface area contributed by atoms with Crippen LogP contribution in [-0.2, 0) is 4.74 Å². The van der Waals surface area contributed by atoms with Crippen LogP contribution >= 0.6 is 0 Å². The van der Waals surface area contributed by atoms with Crippen molar-refractivity contribution in [2.45, 2.75) is 25.9 Å². The van der Waals surface area contributed by atoms with Crippen LogP contribution in [0.4, 0.5) is 5.95 Å². The summed E-state index contributed by atoms with van der Waals surface area (Å²) in [6.07, 6.45) is 4.01. The quantitative estimate of drug-likeness (QED) is 0.350. The molecule has 3 N–H and O–H groups in total. The summed E-state index contributed by atoms with van der Waals surface area (Å²) in [6, 6.07) is 1.61. The molecule has 1 saturated heterocycles. The summed E-state index contributed by atoms with van der Waals surface area (Å²) in [5.41, 5.74) is 5.95. The summed E-state index contributed by atoms with van der Waals surface area (Å²) >= 11 is 0. The number of anilines is 1. The van der Waals surface area contributed by atoms with Crippen molar-refractivity contribution in [3.63, 3.8) is 0 Å². The first-order chi connectivity index (χ1) is 9.24. The van der Waals surface area contributed by atoms with E-state index in [0.717, 1.165) is 32.5 Å². The Morgan fingerprint density at radius 1 is 1.68 bits per heavy atom. The first kappa shape index (κ1) is 13.5. The molecule has 0 radical (unpaired) electrons. The molecule has 1 fully saturated rings. The highest BCUT2D eigenvalue weighted by Gasteiger charge is 2.20. The number of hydrogen-bond acceptors (Lipinski definition) is 6. The van der Waals surface area contributed by atoms with Crippen molar-refractivity contribution in [2.24, 2.45) is 10.9 Å². The Kier molecular flexibility index (Phi) is 4.51. The van der Waals surface area contributed by atoms with E-state index in [2.05, 4.69) is 15.1 Å². The molecule has 1 unspecified atom stereocenters. The largest absolute Gasteiger partial charge is 0.409 e. The summed E-state index contributed by atoms with van der Waals surface area (Å²) in [4.78, 5) is 10.6. The van der Waals surface area contributed by atoms with Gasteiger partial charge >= 0.3 is 0 Å². The maximum absolute atomic E-state index is 8.67. The molecule has 1 aliphatic heterocycles. The van der Waals surface area contributed by atoms with E-state index in [4.69, 9.17) is 15.7 Å². The summed E-state index contributed by atoms with van der Waals surface area (Å²) in [7, 11) is 0. The van der Waals surface area contributed by atoms with Gasteiger partial charge in [-0.2, -0.15) is 0 Å². The normalized spacial score (nSPS) is 19.6. The molecule has 1 aliphatic rings. The lowest BCUT2D eigenvalue weighted by molar-refractivity contribution is 0.115. The Morgan fingerprint density at radius 3 is 3.16 bits per heavy atom. The van der Waals surface area contributed by atoms with Crippen molar-refractivity contribution in [3.8, 4) is 0 Å². The van der Waals surface area contributed by atoms with Gasteiger partial charge in [0.25, 0.3) is 0 Å². The van der Waals surface area contributed by atoms with Gasteiger partial charge < -0.3 is 20.6 Å². The predicted molar refractivity (Wildman–Crippen MR) is 71.4 cm³/mol. The van der Waals surface area contributed by atoms with Gasteiger partial charge in [0.15, 0.2) is 5.84 Å². The second-order valence-corrected chi connectivity index (χ2v) is 4.40. The topological polar surface area (TPSA) is 96.9 Å². The monoisotopic (exact) mass is 265 g/mol. The SMILES string of the molecule is CCN(CC1CCCO1)c1nccc(/C(N)=N/O)n1. The highest BCUT2D eigenvalue weighted by molar-refractivity contribution is 5.95. The lowest BCUT2D eigenvalue weighted by atomic mass is 10.2. The van der Waals surface area contributed by atoms with Crippen LogP contribution in [0.15, 0.2) is 17.4 Å². The fourth-order valence-corrected chi connectivity index (χ4v) is 2.08. The molecule has 1 aromatic rings. The van der Waals surface area contributed by atoms with Crippen molar-refractivity contribution >= 4 is 11.8 Å². The Labute approximate surface area is 112 Å². The Morgan fingerprint density at radius 2 is 2.53 bits per heavy atom. The van der Waals surface area contributed by atoms with E-state index in [1.54, 1.807) is 12.3 Å². The molecule has 0 aromatic carbocycles. The number of rotatable bonds is 5. The van der Waals surface area contributed by atoms with Crippen LogP contribution in [0.1, 0.15) is 25.5 Å². The molecule has 1 aromatic heterocycles. The lowest BCUT2D eigenvalue weighted by Crippen LogP contribution is -2.33. The van der Waals surface area contributed by atoms with Crippen LogP contribution in [0.3, 0.4) is 0 Å². The van der Waals surface area contributed by atoms with Crippen LogP contribution in [0.25, 0.3) is 0 Å². The molecule has 104 valence electrons. The molecule has 7 heteroatoms. The standard InChI is InChI=1S/C12H19N5O2/c1-2-17(8-9-4-3-7-19-9)12-14-6-5-10(15-12)11(13)16-18/h5-6,9,18H,2-4,7-8H2,1H3,(H2,13,16). The second kappa shape index (κ2) is 6.33.